The fourth-order valence-electron chi connectivity index (χ4n) is 2.61. The number of nitrogens with zero attached hydrogens (tertiary/aromatic N) is 1. The third kappa shape index (κ3) is 4.24. The number of hydrogen-bond acceptors (Lipinski definition) is 3. The zero-order valence-electron chi connectivity index (χ0n) is 13.0. The van der Waals surface area contributed by atoms with Crippen LogP contribution in [-0.2, 0) is 11.3 Å². The Morgan fingerprint density at radius 2 is 1.88 bits per heavy atom. The lowest BCUT2D eigenvalue weighted by molar-refractivity contribution is -0.121. The highest BCUT2D eigenvalue weighted by molar-refractivity contribution is 6.30. The second-order valence-corrected chi connectivity index (χ2v) is 5.93. The Morgan fingerprint density at radius 1 is 1.08 bits per heavy atom. The average molecular weight is 341 g/mol. The van der Waals surface area contributed by atoms with Crippen molar-refractivity contribution in [2.24, 2.45) is 0 Å². The van der Waals surface area contributed by atoms with E-state index in [-0.39, 0.29) is 11.8 Å². The Kier molecular flexibility index (Phi) is 5.29. The van der Waals surface area contributed by atoms with E-state index in [2.05, 4.69) is 10.5 Å². The van der Waals surface area contributed by atoms with Crippen LogP contribution >= 0.6 is 11.6 Å². The number of amides is 1. The van der Waals surface area contributed by atoms with Gasteiger partial charge in [0.2, 0.25) is 5.91 Å². The molecule has 1 heterocycles. The molecule has 5 heteroatoms. The van der Waals surface area contributed by atoms with Gasteiger partial charge in [-0.05, 0) is 23.3 Å². The van der Waals surface area contributed by atoms with Gasteiger partial charge in [0.1, 0.15) is 12.0 Å². The highest BCUT2D eigenvalue weighted by Gasteiger charge is 2.18. The van der Waals surface area contributed by atoms with Crippen LogP contribution < -0.4 is 5.32 Å². The Hall–Kier alpha value is -2.59. The van der Waals surface area contributed by atoms with Crippen molar-refractivity contribution in [2.45, 2.75) is 18.9 Å². The molecular formula is C19H17ClN2O2. The first kappa shape index (κ1) is 16.3. The Labute approximate surface area is 145 Å². The third-order valence-electron chi connectivity index (χ3n) is 3.80. The Balaban J connectivity index is 1.76. The standard InChI is InChI=1S/C19H17ClN2O2/c20-16-8-4-7-15(11-16)18(14-5-2-1-3-6-14)12-19(23)21-13-17-9-10-24-22-17/h1-11,18H,12-13H2,(H,21,23). The van der Waals surface area contributed by atoms with Crippen LogP contribution in [0.5, 0.6) is 0 Å². The predicted molar refractivity (Wildman–Crippen MR) is 92.7 cm³/mol. The number of hydrogen-bond donors (Lipinski definition) is 1. The van der Waals surface area contributed by atoms with Crippen molar-refractivity contribution < 1.29 is 9.32 Å². The van der Waals surface area contributed by atoms with Gasteiger partial charge >= 0.3 is 0 Å². The molecule has 0 saturated heterocycles. The summed E-state index contributed by atoms with van der Waals surface area (Å²) in [7, 11) is 0. The summed E-state index contributed by atoms with van der Waals surface area (Å²) >= 11 is 6.12. The topological polar surface area (TPSA) is 55.1 Å². The summed E-state index contributed by atoms with van der Waals surface area (Å²) in [6.45, 7) is 0.354. The molecule has 0 radical (unpaired) electrons. The quantitative estimate of drug-likeness (QED) is 0.732. The molecule has 1 amide bonds. The number of aromatic nitrogens is 1. The molecule has 1 unspecified atom stereocenters. The van der Waals surface area contributed by atoms with Crippen LogP contribution in [0.2, 0.25) is 5.02 Å². The van der Waals surface area contributed by atoms with Crippen LogP contribution in [0.3, 0.4) is 0 Å². The lowest BCUT2D eigenvalue weighted by Crippen LogP contribution is -2.25. The third-order valence-corrected chi connectivity index (χ3v) is 4.04. The van der Waals surface area contributed by atoms with E-state index in [4.69, 9.17) is 16.1 Å². The second-order valence-electron chi connectivity index (χ2n) is 5.49. The molecule has 0 aliphatic rings. The number of halogens is 1. The molecule has 0 aliphatic carbocycles. The molecule has 3 aromatic rings. The molecule has 24 heavy (non-hydrogen) atoms. The fraction of sp³-hybridized carbons (Fsp3) is 0.158. The SMILES string of the molecule is O=C(CC(c1ccccc1)c1cccc(Cl)c1)NCc1ccon1. The molecule has 3 rings (SSSR count). The van der Waals surface area contributed by atoms with Crippen LogP contribution in [0.15, 0.2) is 71.4 Å². The van der Waals surface area contributed by atoms with Gasteiger partial charge in [0, 0.05) is 23.4 Å². The molecule has 0 saturated carbocycles. The number of nitrogens with one attached hydrogen (secondary N) is 1. The van der Waals surface area contributed by atoms with Crippen molar-refractivity contribution in [1.82, 2.24) is 10.5 Å². The minimum absolute atomic E-state index is 0.0492. The zero-order valence-corrected chi connectivity index (χ0v) is 13.7. The summed E-state index contributed by atoms with van der Waals surface area (Å²) in [4.78, 5) is 12.4. The fourth-order valence-corrected chi connectivity index (χ4v) is 2.81. The van der Waals surface area contributed by atoms with Crippen LogP contribution in [0, 0.1) is 0 Å². The molecule has 1 atom stereocenters. The first-order valence-corrected chi connectivity index (χ1v) is 8.06. The molecule has 4 nitrogen and oxygen atoms in total. The molecule has 1 aromatic heterocycles. The van der Waals surface area contributed by atoms with E-state index < -0.39 is 0 Å². The maximum Gasteiger partial charge on any atom is 0.221 e. The van der Waals surface area contributed by atoms with Gasteiger partial charge in [-0.1, -0.05) is 59.2 Å². The molecular weight excluding hydrogens is 324 g/mol. The van der Waals surface area contributed by atoms with E-state index in [9.17, 15) is 4.79 Å². The van der Waals surface area contributed by atoms with E-state index in [0.717, 1.165) is 11.1 Å². The van der Waals surface area contributed by atoms with Gasteiger partial charge in [-0.25, -0.2) is 0 Å². The van der Waals surface area contributed by atoms with Crippen molar-refractivity contribution >= 4 is 17.5 Å². The van der Waals surface area contributed by atoms with Crippen LogP contribution in [0.1, 0.15) is 29.2 Å². The van der Waals surface area contributed by atoms with Gasteiger partial charge in [-0.15, -0.1) is 0 Å². The van der Waals surface area contributed by atoms with Crippen molar-refractivity contribution in [2.75, 3.05) is 0 Å². The van der Waals surface area contributed by atoms with Crippen LogP contribution in [0.25, 0.3) is 0 Å². The molecule has 0 spiro atoms. The van der Waals surface area contributed by atoms with Crippen molar-refractivity contribution in [3.8, 4) is 0 Å². The van der Waals surface area contributed by atoms with Gasteiger partial charge in [0.05, 0.1) is 6.54 Å². The number of rotatable bonds is 6. The molecule has 122 valence electrons. The lowest BCUT2D eigenvalue weighted by Gasteiger charge is -2.18. The average Bonchev–Trinajstić information content (AvgIpc) is 3.12. The summed E-state index contributed by atoms with van der Waals surface area (Å²) in [6, 6.07) is 19.3. The molecule has 1 N–H and O–H groups in total. The summed E-state index contributed by atoms with van der Waals surface area (Å²) in [5.41, 5.74) is 2.80. The second kappa shape index (κ2) is 7.79. The van der Waals surface area contributed by atoms with E-state index >= 15 is 0 Å². The summed E-state index contributed by atoms with van der Waals surface area (Å²) in [5.74, 6) is -0.103. The van der Waals surface area contributed by atoms with Gasteiger partial charge < -0.3 is 9.84 Å². The zero-order chi connectivity index (χ0) is 16.8. The van der Waals surface area contributed by atoms with Crippen molar-refractivity contribution in [3.63, 3.8) is 0 Å². The van der Waals surface area contributed by atoms with E-state index in [1.165, 1.54) is 6.26 Å². The summed E-state index contributed by atoms with van der Waals surface area (Å²) < 4.78 is 4.76. The lowest BCUT2D eigenvalue weighted by atomic mass is 9.88. The molecule has 0 fully saturated rings. The van der Waals surface area contributed by atoms with Crippen molar-refractivity contribution in [3.05, 3.63) is 88.8 Å². The molecule has 0 aliphatic heterocycles. The van der Waals surface area contributed by atoms with Crippen molar-refractivity contribution in [1.29, 1.82) is 0 Å². The van der Waals surface area contributed by atoms with Crippen LogP contribution in [-0.4, -0.2) is 11.1 Å². The first-order chi connectivity index (χ1) is 11.7. The largest absolute Gasteiger partial charge is 0.364 e. The smallest absolute Gasteiger partial charge is 0.221 e. The van der Waals surface area contributed by atoms with Gasteiger partial charge in [-0.3, -0.25) is 4.79 Å². The molecule has 2 aromatic carbocycles. The molecule has 0 bridgehead atoms. The number of benzene rings is 2. The highest BCUT2D eigenvalue weighted by atomic mass is 35.5. The van der Waals surface area contributed by atoms with Gasteiger partial charge in [0.15, 0.2) is 0 Å². The van der Waals surface area contributed by atoms with Gasteiger partial charge in [0.25, 0.3) is 0 Å². The minimum atomic E-state index is -0.0535. The summed E-state index contributed by atoms with van der Waals surface area (Å²) in [5, 5.41) is 7.33. The van der Waals surface area contributed by atoms with Crippen LogP contribution in [0.4, 0.5) is 0 Å². The predicted octanol–water partition coefficient (Wildman–Crippen LogP) is 4.17. The number of carbonyl (C=O) groups excluding carboxylic acids is 1. The minimum Gasteiger partial charge on any atom is -0.364 e. The monoisotopic (exact) mass is 340 g/mol. The summed E-state index contributed by atoms with van der Waals surface area (Å²) in [6.07, 6.45) is 1.82. The first-order valence-electron chi connectivity index (χ1n) is 7.69. The van der Waals surface area contributed by atoms with Gasteiger partial charge in [-0.2, -0.15) is 0 Å². The van der Waals surface area contributed by atoms with E-state index in [0.29, 0.717) is 23.7 Å². The van der Waals surface area contributed by atoms with E-state index in [1.54, 1.807) is 6.07 Å². The highest BCUT2D eigenvalue weighted by Crippen LogP contribution is 2.29. The maximum absolute atomic E-state index is 12.4. The normalized spacial score (nSPS) is 11.9. The number of carbonyl (C=O) groups is 1. The maximum atomic E-state index is 12.4. The Bertz CT molecular complexity index is 788. The van der Waals surface area contributed by atoms with E-state index in [1.807, 2.05) is 54.6 Å². The Morgan fingerprint density at radius 3 is 2.58 bits per heavy atom.